The van der Waals surface area contributed by atoms with Gasteiger partial charge in [-0.2, -0.15) is 0 Å². The molecule has 0 bridgehead atoms. The van der Waals surface area contributed by atoms with Crippen molar-refractivity contribution < 1.29 is 4.74 Å². The zero-order valence-corrected chi connectivity index (χ0v) is 10.7. The highest BCUT2D eigenvalue weighted by atomic mass is 16.5. The third-order valence-electron chi connectivity index (χ3n) is 3.44. The average Bonchev–Trinajstić information content (AvgIpc) is 2.77. The summed E-state index contributed by atoms with van der Waals surface area (Å²) in [6, 6.07) is 0.545. The Labute approximate surface area is 100 Å². The van der Waals surface area contributed by atoms with Crippen LogP contribution in [0, 0.1) is 18.3 Å². The molecule has 0 aromatic rings. The lowest BCUT2D eigenvalue weighted by Gasteiger charge is -2.27. The molecule has 1 aliphatic heterocycles. The number of terminal acetylenes is 1. The van der Waals surface area contributed by atoms with E-state index in [1.54, 1.807) is 0 Å². The molecule has 0 aromatic heterocycles. The number of ether oxygens (including phenoxy) is 1. The molecule has 92 valence electrons. The Hall–Kier alpha value is -0.520. The quantitative estimate of drug-likeness (QED) is 0.670. The summed E-state index contributed by atoms with van der Waals surface area (Å²) in [6.07, 6.45) is 11.2. The van der Waals surface area contributed by atoms with Gasteiger partial charge >= 0.3 is 0 Å². The van der Waals surface area contributed by atoms with Crippen molar-refractivity contribution >= 4 is 0 Å². The SMILES string of the molecule is C#CCCC(NCCC)C1CCOC1CC. The average molecular weight is 223 g/mol. The van der Waals surface area contributed by atoms with Gasteiger partial charge in [0.25, 0.3) is 0 Å². The molecule has 1 aliphatic rings. The normalized spacial score (nSPS) is 26.6. The van der Waals surface area contributed by atoms with E-state index in [1.165, 1.54) is 12.8 Å². The highest BCUT2D eigenvalue weighted by Crippen LogP contribution is 2.28. The molecule has 0 spiro atoms. The Morgan fingerprint density at radius 1 is 1.50 bits per heavy atom. The first kappa shape index (κ1) is 13.5. The van der Waals surface area contributed by atoms with Crippen LogP contribution in [0.2, 0.25) is 0 Å². The van der Waals surface area contributed by atoms with E-state index >= 15 is 0 Å². The molecular formula is C14H25NO. The number of hydrogen-bond donors (Lipinski definition) is 1. The van der Waals surface area contributed by atoms with E-state index in [9.17, 15) is 0 Å². The molecular weight excluding hydrogens is 198 g/mol. The monoisotopic (exact) mass is 223 g/mol. The summed E-state index contributed by atoms with van der Waals surface area (Å²) in [4.78, 5) is 0. The van der Waals surface area contributed by atoms with Gasteiger partial charge in [0.05, 0.1) is 6.10 Å². The smallest absolute Gasteiger partial charge is 0.0616 e. The van der Waals surface area contributed by atoms with E-state index in [1.807, 2.05) is 0 Å². The molecule has 0 aromatic carbocycles. The van der Waals surface area contributed by atoms with Gasteiger partial charge < -0.3 is 10.1 Å². The minimum atomic E-state index is 0.437. The van der Waals surface area contributed by atoms with Crippen LogP contribution in [0.5, 0.6) is 0 Å². The third-order valence-corrected chi connectivity index (χ3v) is 3.44. The first-order valence-electron chi connectivity index (χ1n) is 6.61. The molecule has 2 nitrogen and oxygen atoms in total. The van der Waals surface area contributed by atoms with Crippen molar-refractivity contribution in [1.82, 2.24) is 5.32 Å². The first-order chi connectivity index (χ1) is 7.83. The van der Waals surface area contributed by atoms with Crippen molar-refractivity contribution in [3.8, 4) is 12.3 Å². The Bertz CT molecular complexity index is 221. The van der Waals surface area contributed by atoms with Crippen LogP contribution in [0.25, 0.3) is 0 Å². The van der Waals surface area contributed by atoms with Crippen molar-refractivity contribution in [3.63, 3.8) is 0 Å². The maximum Gasteiger partial charge on any atom is 0.0616 e. The Morgan fingerprint density at radius 2 is 2.31 bits per heavy atom. The van der Waals surface area contributed by atoms with E-state index in [0.717, 1.165) is 32.4 Å². The van der Waals surface area contributed by atoms with Crippen LogP contribution < -0.4 is 5.32 Å². The van der Waals surface area contributed by atoms with E-state index < -0.39 is 0 Å². The molecule has 0 saturated carbocycles. The largest absolute Gasteiger partial charge is 0.378 e. The Kier molecular flexibility index (Phi) is 6.52. The summed E-state index contributed by atoms with van der Waals surface area (Å²) in [5, 5.41) is 3.63. The van der Waals surface area contributed by atoms with Crippen LogP contribution >= 0.6 is 0 Å². The van der Waals surface area contributed by atoms with Gasteiger partial charge in [-0.25, -0.2) is 0 Å². The fourth-order valence-electron chi connectivity index (χ4n) is 2.58. The summed E-state index contributed by atoms with van der Waals surface area (Å²) in [5.74, 6) is 3.41. The van der Waals surface area contributed by atoms with Gasteiger partial charge in [-0.15, -0.1) is 12.3 Å². The molecule has 1 heterocycles. The van der Waals surface area contributed by atoms with Crippen molar-refractivity contribution in [3.05, 3.63) is 0 Å². The summed E-state index contributed by atoms with van der Waals surface area (Å²) in [7, 11) is 0. The van der Waals surface area contributed by atoms with Crippen LogP contribution in [-0.2, 0) is 4.74 Å². The number of rotatable bonds is 7. The topological polar surface area (TPSA) is 21.3 Å². The molecule has 16 heavy (non-hydrogen) atoms. The lowest BCUT2D eigenvalue weighted by atomic mass is 9.88. The maximum atomic E-state index is 5.76. The first-order valence-corrected chi connectivity index (χ1v) is 6.61. The minimum absolute atomic E-state index is 0.437. The van der Waals surface area contributed by atoms with Gasteiger partial charge in [-0.1, -0.05) is 13.8 Å². The van der Waals surface area contributed by atoms with E-state index in [-0.39, 0.29) is 0 Å². The second-order valence-corrected chi connectivity index (χ2v) is 4.57. The van der Waals surface area contributed by atoms with Crippen LogP contribution in [0.1, 0.15) is 46.0 Å². The van der Waals surface area contributed by atoms with Gasteiger partial charge in [0.2, 0.25) is 0 Å². The molecule has 3 atom stereocenters. The molecule has 2 heteroatoms. The van der Waals surface area contributed by atoms with Crippen molar-refractivity contribution in [2.45, 2.75) is 58.1 Å². The van der Waals surface area contributed by atoms with Gasteiger partial charge in [-0.05, 0) is 32.2 Å². The van der Waals surface area contributed by atoms with Crippen LogP contribution in [0.4, 0.5) is 0 Å². The summed E-state index contributed by atoms with van der Waals surface area (Å²) >= 11 is 0. The summed E-state index contributed by atoms with van der Waals surface area (Å²) in [5.41, 5.74) is 0. The number of nitrogens with one attached hydrogen (secondary N) is 1. The van der Waals surface area contributed by atoms with Crippen molar-refractivity contribution in [2.75, 3.05) is 13.2 Å². The van der Waals surface area contributed by atoms with Gasteiger partial charge in [0, 0.05) is 25.0 Å². The molecule has 1 saturated heterocycles. The van der Waals surface area contributed by atoms with E-state index in [4.69, 9.17) is 11.2 Å². The summed E-state index contributed by atoms with van der Waals surface area (Å²) in [6.45, 7) is 6.42. The zero-order valence-electron chi connectivity index (χ0n) is 10.7. The van der Waals surface area contributed by atoms with E-state index in [2.05, 4.69) is 25.1 Å². The molecule has 1 fully saturated rings. The fraction of sp³-hybridized carbons (Fsp3) is 0.857. The number of hydrogen-bond acceptors (Lipinski definition) is 2. The summed E-state index contributed by atoms with van der Waals surface area (Å²) < 4.78 is 5.76. The molecule has 1 rings (SSSR count). The van der Waals surface area contributed by atoms with Crippen molar-refractivity contribution in [1.29, 1.82) is 0 Å². The molecule has 0 radical (unpaired) electrons. The lowest BCUT2D eigenvalue weighted by Crippen LogP contribution is -2.40. The molecule has 0 amide bonds. The Morgan fingerprint density at radius 3 is 2.94 bits per heavy atom. The second kappa shape index (κ2) is 7.70. The van der Waals surface area contributed by atoms with Gasteiger partial charge in [0.15, 0.2) is 0 Å². The molecule has 1 N–H and O–H groups in total. The maximum absolute atomic E-state index is 5.76. The second-order valence-electron chi connectivity index (χ2n) is 4.57. The zero-order chi connectivity index (χ0) is 11.8. The molecule has 0 aliphatic carbocycles. The molecule has 3 unspecified atom stereocenters. The third kappa shape index (κ3) is 3.81. The standard InChI is InChI=1S/C14H25NO/c1-4-7-8-13(15-10-5-2)12-9-11-16-14(12)6-3/h1,12-15H,5-11H2,2-3H3. The van der Waals surface area contributed by atoms with Gasteiger partial charge in [0.1, 0.15) is 0 Å². The van der Waals surface area contributed by atoms with Crippen LogP contribution in [0.3, 0.4) is 0 Å². The predicted octanol–water partition coefficient (Wildman–Crippen LogP) is 2.58. The van der Waals surface area contributed by atoms with Crippen molar-refractivity contribution in [2.24, 2.45) is 5.92 Å². The van der Waals surface area contributed by atoms with Gasteiger partial charge in [-0.3, -0.25) is 0 Å². The highest BCUT2D eigenvalue weighted by molar-refractivity contribution is 4.91. The van der Waals surface area contributed by atoms with Crippen LogP contribution in [0.15, 0.2) is 0 Å². The fourth-order valence-corrected chi connectivity index (χ4v) is 2.58. The van der Waals surface area contributed by atoms with E-state index in [0.29, 0.717) is 18.1 Å². The lowest BCUT2D eigenvalue weighted by molar-refractivity contribution is 0.0766. The Balaban J connectivity index is 2.49. The predicted molar refractivity (Wildman–Crippen MR) is 68.3 cm³/mol. The highest BCUT2D eigenvalue weighted by Gasteiger charge is 2.32. The minimum Gasteiger partial charge on any atom is -0.378 e. The van der Waals surface area contributed by atoms with Crippen LogP contribution in [-0.4, -0.2) is 25.3 Å².